The van der Waals surface area contributed by atoms with Gasteiger partial charge >= 0.3 is 0 Å². The molecule has 1 heterocycles. The molecule has 184 valence electrons. The molecule has 5 nitrogen and oxygen atoms in total. The Kier molecular flexibility index (Phi) is 8.47. The van der Waals surface area contributed by atoms with Crippen molar-refractivity contribution in [1.29, 1.82) is 0 Å². The number of carbonyl (C=O) groups is 2. The maximum atomic E-state index is 13.4. The van der Waals surface area contributed by atoms with Crippen molar-refractivity contribution in [2.45, 2.75) is 58.1 Å². The first-order valence-electron chi connectivity index (χ1n) is 12.4. The number of carbonyl (C=O) groups excluding carboxylic acids is 2. The number of rotatable bonds is 10. The number of aryl methyl sites for hydroxylation is 1. The Morgan fingerprint density at radius 2 is 1.80 bits per heavy atom. The molecule has 2 aromatic carbocycles. The smallest absolute Gasteiger partial charge is 0.253 e. The molecule has 0 saturated heterocycles. The number of Topliss-reactive ketones (excluding diaryl/α,β-unsaturated/α-hetero) is 1. The van der Waals surface area contributed by atoms with E-state index in [1.54, 1.807) is 36.2 Å². The van der Waals surface area contributed by atoms with E-state index in [-0.39, 0.29) is 29.9 Å². The quantitative estimate of drug-likeness (QED) is 0.370. The summed E-state index contributed by atoms with van der Waals surface area (Å²) in [5.41, 5.74) is 3.09. The normalized spacial score (nSPS) is 15.6. The van der Waals surface area contributed by atoms with Crippen LogP contribution in [0.15, 0.2) is 60.0 Å². The van der Waals surface area contributed by atoms with Gasteiger partial charge in [-0.1, -0.05) is 55.3 Å². The van der Waals surface area contributed by atoms with Gasteiger partial charge in [0.15, 0.2) is 5.78 Å². The zero-order valence-electron chi connectivity index (χ0n) is 20.5. The van der Waals surface area contributed by atoms with Gasteiger partial charge in [-0.3, -0.25) is 9.59 Å². The van der Waals surface area contributed by atoms with E-state index >= 15 is 0 Å². The topological polar surface area (TPSA) is 70.5 Å². The van der Waals surface area contributed by atoms with E-state index in [9.17, 15) is 14.7 Å². The van der Waals surface area contributed by atoms with Crippen LogP contribution >= 0.6 is 11.3 Å². The Balaban J connectivity index is 1.47. The summed E-state index contributed by atoms with van der Waals surface area (Å²) in [4.78, 5) is 32.5. The monoisotopic (exact) mass is 490 g/mol. The molecule has 3 aromatic rings. The maximum absolute atomic E-state index is 13.4. The van der Waals surface area contributed by atoms with Gasteiger partial charge in [0.2, 0.25) is 0 Å². The van der Waals surface area contributed by atoms with Crippen LogP contribution in [0, 0.1) is 18.8 Å². The number of aliphatic hydroxyl groups is 1. The third-order valence-corrected chi connectivity index (χ3v) is 7.92. The van der Waals surface area contributed by atoms with Gasteiger partial charge in [0.1, 0.15) is 5.01 Å². The molecule has 1 amide bonds. The molecular formula is C29H34N2O3S. The Bertz CT molecular complexity index is 1140. The van der Waals surface area contributed by atoms with Crippen molar-refractivity contribution in [3.8, 4) is 0 Å². The zero-order valence-corrected chi connectivity index (χ0v) is 21.3. The minimum absolute atomic E-state index is 0.0316. The van der Waals surface area contributed by atoms with Gasteiger partial charge in [-0.2, -0.15) is 0 Å². The lowest BCUT2D eigenvalue weighted by atomic mass is 9.81. The predicted molar refractivity (Wildman–Crippen MR) is 140 cm³/mol. The first kappa shape index (κ1) is 25.3. The molecule has 1 aromatic heterocycles. The van der Waals surface area contributed by atoms with Crippen molar-refractivity contribution < 1.29 is 14.7 Å². The third kappa shape index (κ3) is 6.65. The second-order valence-corrected chi connectivity index (χ2v) is 10.7. The van der Waals surface area contributed by atoms with Crippen LogP contribution < -0.4 is 0 Å². The molecule has 6 heteroatoms. The molecule has 0 radical (unpaired) electrons. The Morgan fingerprint density at radius 1 is 1.09 bits per heavy atom. The number of ketones is 1. The second-order valence-electron chi connectivity index (χ2n) is 9.74. The highest BCUT2D eigenvalue weighted by molar-refractivity contribution is 7.09. The number of thiazole rings is 1. The number of amides is 1. The van der Waals surface area contributed by atoms with Gasteiger partial charge < -0.3 is 10.0 Å². The molecule has 1 saturated carbocycles. The lowest BCUT2D eigenvalue weighted by Gasteiger charge is -2.27. The molecule has 1 aliphatic carbocycles. The SMILES string of the molecule is Cc1csc(CN(C)C(=O)c2cccc(C(=O)C[C@@H](Cc3ccccc3)[C@H](O)C3CCCC3)c2)n1. The standard InChI is InChI=1S/C29H34N2O3S/c1-20-19-35-27(30-20)18-31(2)29(34)24-14-8-13-23(16-24)26(32)17-25(15-21-9-4-3-5-10-21)28(33)22-11-6-7-12-22/h3-5,8-10,13-14,16,19,22,25,28,33H,6-7,11-12,15,17-18H2,1-2H3/t25-,28-/m1/s1. The number of aromatic nitrogens is 1. The molecule has 1 fully saturated rings. The minimum Gasteiger partial charge on any atom is -0.393 e. The van der Waals surface area contributed by atoms with Crippen LogP contribution in [0.4, 0.5) is 0 Å². The number of nitrogens with zero attached hydrogens (tertiary/aromatic N) is 2. The highest BCUT2D eigenvalue weighted by atomic mass is 32.1. The third-order valence-electron chi connectivity index (χ3n) is 6.97. The summed E-state index contributed by atoms with van der Waals surface area (Å²) < 4.78 is 0. The van der Waals surface area contributed by atoms with E-state index < -0.39 is 6.10 Å². The second kappa shape index (κ2) is 11.7. The number of hydrogen-bond donors (Lipinski definition) is 1. The Labute approximate surface area is 211 Å². The molecule has 2 atom stereocenters. The summed E-state index contributed by atoms with van der Waals surface area (Å²) in [5.74, 6) is -0.0640. The van der Waals surface area contributed by atoms with Crippen molar-refractivity contribution in [3.05, 3.63) is 87.4 Å². The largest absolute Gasteiger partial charge is 0.393 e. The fourth-order valence-corrected chi connectivity index (χ4v) is 5.89. The van der Waals surface area contributed by atoms with E-state index in [0.717, 1.165) is 41.9 Å². The van der Waals surface area contributed by atoms with E-state index in [1.165, 1.54) is 11.3 Å². The number of hydrogen-bond acceptors (Lipinski definition) is 5. The van der Waals surface area contributed by atoms with Crippen LogP contribution in [0.2, 0.25) is 0 Å². The highest BCUT2D eigenvalue weighted by Gasteiger charge is 2.31. The molecule has 0 aliphatic heterocycles. The van der Waals surface area contributed by atoms with Crippen molar-refractivity contribution in [3.63, 3.8) is 0 Å². The van der Waals surface area contributed by atoms with Crippen molar-refractivity contribution in [2.24, 2.45) is 11.8 Å². The lowest BCUT2D eigenvalue weighted by molar-refractivity contribution is 0.0456. The zero-order chi connectivity index (χ0) is 24.8. The molecule has 0 bridgehead atoms. The molecule has 0 spiro atoms. The van der Waals surface area contributed by atoms with E-state index in [2.05, 4.69) is 17.1 Å². The Hall–Kier alpha value is -2.83. The van der Waals surface area contributed by atoms with Gasteiger partial charge in [0.05, 0.1) is 12.6 Å². The van der Waals surface area contributed by atoms with E-state index in [4.69, 9.17) is 0 Å². The van der Waals surface area contributed by atoms with E-state index in [0.29, 0.717) is 24.1 Å². The molecule has 1 N–H and O–H groups in total. The lowest BCUT2D eigenvalue weighted by Crippen LogP contribution is -2.31. The Morgan fingerprint density at radius 3 is 2.49 bits per heavy atom. The van der Waals surface area contributed by atoms with Crippen LogP contribution in [-0.4, -0.2) is 39.8 Å². The van der Waals surface area contributed by atoms with Crippen LogP contribution in [0.25, 0.3) is 0 Å². The summed E-state index contributed by atoms with van der Waals surface area (Å²) in [6, 6.07) is 17.0. The minimum atomic E-state index is -0.501. The molecule has 35 heavy (non-hydrogen) atoms. The van der Waals surface area contributed by atoms with Crippen LogP contribution in [0.1, 0.15) is 69.1 Å². The first-order valence-corrected chi connectivity index (χ1v) is 13.3. The van der Waals surface area contributed by atoms with Gasteiger partial charge in [-0.05, 0) is 55.7 Å². The maximum Gasteiger partial charge on any atom is 0.253 e. The summed E-state index contributed by atoms with van der Waals surface area (Å²) in [6.45, 7) is 2.37. The van der Waals surface area contributed by atoms with Gasteiger partial charge in [0.25, 0.3) is 5.91 Å². The van der Waals surface area contributed by atoms with Gasteiger partial charge in [0, 0.05) is 35.7 Å². The average molecular weight is 491 g/mol. The van der Waals surface area contributed by atoms with Crippen molar-refractivity contribution in [2.75, 3.05) is 7.05 Å². The van der Waals surface area contributed by atoms with Crippen LogP contribution in [-0.2, 0) is 13.0 Å². The summed E-state index contributed by atoms with van der Waals surface area (Å²) >= 11 is 1.54. The first-order chi connectivity index (χ1) is 16.9. The van der Waals surface area contributed by atoms with Crippen LogP contribution in [0.3, 0.4) is 0 Å². The van der Waals surface area contributed by atoms with Crippen molar-refractivity contribution >= 4 is 23.0 Å². The summed E-state index contributed by atoms with van der Waals surface area (Å²) in [7, 11) is 1.75. The highest BCUT2D eigenvalue weighted by Crippen LogP contribution is 2.33. The van der Waals surface area contributed by atoms with Gasteiger partial charge in [-0.25, -0.2) is 4.98 Å². The number of benzene rings is 2. The molecule has 1 aliphatic rings. The molecule has 0 unspecified atom stereocenters. The fraction of sp³-hybridized carbons (Fsp3) is 0.414. The number of aliphatic hydroxyl groups excluding tert-OH is 1. The van der Waals surface area contributed by atoms with E-state index in [1.807, 2.05) is 30.5 Å². The van der Waals surface area contributed by atoms with Crippen LogP contribution in [0.5, 0.6) is 0 Å². The average Bonchev–Trinajstić information content (AvgIpc) is 3.55. The molecular weight excluding hydrogens is 456 g/mol. The fourth-order valence-electron chi connectivity index (χ4n) is 5.07. The summed E-state index contributed by atoms with van der Waals surface area (Å²) in [5, 5.41) is 14.1. The predicted octanol–water partition coefficient (Wildman–Crippen LogP) is 5.71. The van der Waals surface area contributed by atoms with Crippen molar-refractivity contribution in [1.82, 2.24) is 9.88 Å². The molecule has 4 rings (SSSR count). The van der Waals surface area contributed by atoms with Gasteiger partial charge in [-0.15, -0.1) is 11.3 Å². The summed E-state index contributed by atoms with van der Waals surface area (Å²) in [6.07, 6.45) is 4.76.